The van der Waals surface area contributed by atoms with Crippen LogP contribution in [0.4, 0.5) is 23.0 Å². The van der Waals surface area contributed by atoms with Crippen molar-refractivity contribution in [1.82, 2.24) is 29.9 Å². The first-order valence-electron chi connectivity index (χ1n) is 17.1. The average molecular weight is 867 g/mol. The summed E-state index contributed by atoms with van der Waals surface area (Å²) < 4.78 is 52.1. The number of nitrogens with zero attached hydrogens (tertiary/aromatic N) is 6. The van der Waals surface area contributed by atoms with Crippen molar-refractivity contribution in [2.24, 2.45) is 0 Å². The molecule has 3 N–H and O–H groups in total. The van der Waals surface area contributed by atoms with Crippen LogP contribution in [0.15, 0.2) is 118 Å². The van der Waals surface area contributed by atoms with Crippen LogP contribution in [-0.4, -0.2) is 83.4 Å². The SMILES string of the molecule is COC(=O)c1cccc(-c2nc(Nc3cccc(S(C)(=O)=O)c3)c3ncsc3n2)c1.CS(=O)(=O)c1cccc(Nc2nc(-c3cccc(C(=O)O)c3)nc3scnc23)c1. The number of esters is 1. The smallest absolute Gasteiger partial charge is 0.337 e. The molecule has 0 atom stereocenters. The van der Waals surface area contributed by atoms with Crippen LogP contribution in [0, 0.1) is 0 Å². The van der Waals surface area contributed by atoms with Crippen molar-refractivity contribution in [2.45, 2.75) is 9.79 Å². The summed E-state index contributed by atoms with van der Waals surface area (Å²) >= 11 is 2.68. The van der Waals surface area contributed by atoms with E-state index in [4.69, 9.17) is 4.74 Å². The molecule has 0 radical (unpaired) electrons. The number of ether oxygens (including phenoxy) is 1. The first-order chi connectivity index (χ1) is 28.2. The largest absolute Gasteiger partial charge is 0.478 e. The molecule has 16 nitrogen and oxygen atoms in total. The number of methoxy groups -OCH3 is 1. The minimum absolute atomic E-state index is 0.130. The summed E-state index contributed by atoms with van der Waals surface area (Å²) in [6, 6.07) is 26.0. The molecule has 0 aliphatic rings. The lowest BCUT2D eigenvalue weighted by molar-refractivity contribution is 0.0599. The lowest BCUT2D eigenvalue weighted by Gasteiger charge is -2.10. The Labute approximate surface area is 344 Å². The van der Waals surface area contributed by atoms with Crippen LogP contribution in [0.3, 0.4) is 0 Å². The molecule has 298 valence electrons. The highest BCUT2D eigenvalue weighted by molar-refractivity contribution is 7.91. The Morgan fingerprint density at radius 1 is 0.610 bits per heavy atom. The van der Waals surface area contributed by atoms with Crippen molar-refractivity contribution >= 4 is 98.0 Å². The van der Waals surface area contributed by atoms with Crippen LogP contribution in [0.25, 0.3) is 43.5 Å². The maximum atomic E-state index is 11.9. The number of aromatic nitrogens is 6. The van der Waals surface area contributed by atoms with Gasteiger partial charge in [0.15, 0.2) is 43.0 Å². The highest BCUT2D eigenvalue weighted by Gasteiger charge is 2.17. The Balaban J connectivity index is 0.000000179. The summed E-state index contributed by atoms with van der Waals surface area (Å²) in [4.78, 5) is 51.5. The van der Waals surface area contributed by atoms with E-state index >= 15 is 0 Å². The predicted octanol–water partition coefficient (Wildman–Crippen LogP) is 7.29. The van der Waals surface area contributed by atoms with Crippen molar-refractivity contribution < 1.29 is 36.3 Å². The van der Waals surface area contributed by atoms with Crippen molar-refractivity contribution in [3.8, 4) is 22.8 Å². The quantitative estimate of drug-likeness (QED) is 0.115. The van der Waals surface area contributed by atoms with Gasteiger partial charge in [0.1, 0.15) is 20.7 Å². The first-order valence-corrected chi connectivity index (χ1v) is 22.6. The second-order valence-corrected chi connectivity index (χ2v) is 18.3. The molecule has 0 aliphatic carbocycles. The number of fused-ring (bicyclic) bond motifs is 2. The molecule has 4 aromatic heterocycles. The number of sulfone groups is 2. The lowest BCUT2D eigenvalue weighted by Crippen LogP contribution is -2.03. The Hall–Kier alpha value is -6.74. The zero-order valence-electron chi connectivity index (χ0n) is 31.0. The number of aromatic carboxylic acids is 1. The molecule has 8 rings (SSSR count). The minimum atomic E-state index is -3.36. The maximum Gasteiger partial charge on any atom is 0.337 e. The summed E-state index contributed by atoms with van der Waals surface area (Å²) in [5.41, 5.74) is 7.20. The van der Waals surface area contributed by atoms with Gasteiger partial charge in [-0.3, -0.25) is 0 Å². The number of carboxylic acids is 1. The third-order valence-corrected chi connectivity index (χ3v) is 12.0. The summed E-state index contributed by atoms with van der Waals surface area (Å²) in [6.45, 7) is 0. The normalized spacial score (nSPS) is 11.4. The molecule has 0 unspecified atom stereocenters. The second-order valence-electron chi connectivity index (χ2n) is 12.6. The van der Waals surface area contributed by atoms with Crippen molar-refractivity contribution in [3.05, 3.63) is 119 Å². The number of carbonyl (C=O) groups excluding carboxylic acids is 1. The number of hydrogen-bond acceptors (Lipinski definition) is 17. The molecule has 0 saturated heterocycles. The fourth-order valence-corrected chi connectivity index (χ4v) is 8.18. The Kier molecular flexibility index (Phi) is 11.4. The van der Waals surface area contributed by atoms with E-state index < -0.39 is 31.6 Å². The Morgan fingerprint density at radius 2 is 1.05 bits per heavy atom. The minimum Gasteiger partial charge on any atom is -0.478 e. The summed E-state index contributed by atoms with van der Waals surface area (Å²) in [7, 11) is -5.38. The van der Waals surface area contributed by atoms with E-state index in [9.17, 15) is 31.5 Å². The maximum absolute atomic E-state index is 11.9. The molecule has 0 amide bonds. The number of rotatable bonds is 10. The molecule has 0 aliphatic heterocycles. The molecular formula is C39H30N8O8S4. The number of benzene rings is 4. The molecule has 59 heavy (non-hydrogen) atoms. The fourth-order valence-electron chi connectivity index (χ4n) is 5.53. The summed E-state index contributed by atoms with van der Waals surface area (Å²) in [5, 5.41) is 15.5. The van der Waals surface area contributed by atoms with Gasteiger partial charge in [0, 0.05) is 35.0 Å². The predicted molar refractivity (Wildman–Crippen MR) is 225 cm³/mol. The number of carbonyl (C=O) groups is 2. The van der Waals surface area contributed by atoms with E-state index in [1.54, 1.807) is 71.7 Å². The molecule has 8 aromatic rings. The van der Waals surface area contributed by atoms with Crippen LogP contribution in [-0.2, 0) is 24.4 Å². The van der Waals surface area contributed by atoms with Crippen LogP contribution in [0.1, 0.15) is 20.7 Å². The van der Waals surface area contributed by atoms with Crippen molar-refractivity contribution in [3.63, 3.8) is 0 Å². The highest BCUT2D eigenvalue weighted by atomic mass is 32.2. The monoisotopic (exact) mass is 866 g/mol. The molecule has 0 bridgehead atoms. The molecule has 4 aromatic carbocycles. The van der Waals surface area contributed by atoms with Crippen molar-refractivity contribution in [2.75, 3.05) is 30.3 Å². The lowest BCUT2D eigenvalue weighted by atomic mass is 10.1. The van der Waals surface area contributed by atoms with Gasteiger partial charge in [-0.1, -0.05) is 36.4 Å². The van der Waals surface area contributed by atoms with E-state index in [1.807, 2.05) is 0 Å². The molecule has 20 heteroatoms. The van der Waals surface area contributed by atoms with Gasteiger partial charge in [-0.2, -0.15) is 0 Å². The Bertz CT molecular complexity index is 3140. The van der Waals surface area contributed by atoms with E-state index in [2.05, 4.69) is 40.5 Å². The van der Waals surface area contributed by atoms with Crippen LogP contribution < -0.4 is 10.6 Å². The van der Waals surface area contributed by atoms with Gasteiger partial charge in [-0.25, -0.2) is 56.3 Å². The molecular weight excluding hydrogens is 837 g/mol. The van der Waals surface area contributed by atoms with Crippen molar-refractivity contribution in [1.29, 1.82) is 0 Å². The van der Waals surface area contributed by atoms with Gasteiger partial charge >= 0.3 is 11.9 Å². The van der Waals surface area contributed by atoms with Crippen LogP contribution in [0.5, 0.6) is 0 Å². The third-order valence-electron chi connectivity index (χ3n) is 8.36. The van der Waals surface area contributed by atoms with Gasteiger partial charge in [0.2, 0.25) is 0 Å². The molecule has 0 spiro atoms. The topological polar surface area (TPSA) is 233 Å². The second kappa shape index (κ2) is 16.6. The highest BCUT2D eigenvalue weighted by Crippen LogP contribution is 2.31. The number of hydrogen-bond donors (Lipinski definition) is 3. The van der Waals surface area contributed by atoms with Gasteiger partial charge in [-0.05, 0) is 60.7 Å². The number of thiazole rings is 2. The average Bonchev–Trinajstić information content (AvgIpc) is 3.91. The standard InChI is InChI=1S/C20H16N4O4S2.C19H14N4O4S2/c1-28-20(25)13-6-3-5-12(9-13)17-23-18(16-19(24-17)29-11-21-16)22-14-7-4-8-15(10-14)30(2,26)27;1-29(26,27)14-7-3-6-13(9-14)21-17-15-18(28-10-20-15)23-16(22-17)11-4-2-5-12(8-11)19(24)25/h3-11H,1-2H3,(H,22,23,24);2-10H,1H3,(H,24,25)(H,21,22,23). The number of nitrogens with one attached hydrogen (secondary N) is 2. The van der Waals surface area contributed by atoms with Crippen LogP contribution in [0.2, 0.25) is 0 Å². The van der Waals surface area contributed by atoms with E-state index in [-0.39, 0.29) is 15.4 Å². The molecule has 0 fully saturated rings. The van der Waals surface area contributed by atoms with Gasteiger partial charge in [-0.15, -0.1) is 22.7 Å². The summed E-state index contributed by atoms with van der Waals surface area (Å²) in [5.74, 6) is 0.0854. The van der Waals surface area contributed by atoms with Gasteiger partial charge in [0.05, 0.1) is 39.0 Å². The number of anilines is 4. The fraction of sp³-hybridized carbons (Fsp3) is 0.0769. The molecule has 0 saturated carbocycles. The van der Waals surface area contributed by atoms with Crippen LogP contribution >= 0.6 is 22.7 Å². The van der Waals surface area contributed by atoms with Gasteiger partial charge in [0.25, 0.3) is 0 Å². The summed E-state index contributed by atoms with van der Waals surface area (Å²) in [6.07, 6.45) is 2.30. The first kappa shape index (κ1) is 40.5. The van der Waals surface area contributed by atoms with E-state index in [1.165, 1.54) is 66.2 Å². The zero-order chi connectivity index (χ0) is 41.9. The third kappa shape index (κ3) is 9.36. The Morgan fingerprint density at radius 3 is 1.49 bits per heavy atom. The molecule has 4 heterocycles. The van der Waals surface area contributed by atoms with E-state index in [0.29, 0.717) is 72.0 Å². The van der Waals surface area contributed by atoms with Gasteiger partial charge < -0.3 is 20.5 Å². The zero-order valence-corrected chi connectivity index (χ0v) is 34.3. The van der Waals surface area contributed by atoms with E-state index in [0.717, 1.165) is 12.5 Å². The number of carboxylic acid groups (broad SMARTS) is 1.